The van der Waals surface area contributed by atoms with Crippen LogP contribution in [0.5, 0.6) is 0 Å². The highest BCUT2D eigenvalue weighted by atomic mass is 32.2. The molecule has 0 bridgehead atoms. The van der Waals surface area contributed by atoms with Gasteiger partial charge in [0.05, 0.1) is 11.4 Å². The number of rotatable bonds is 6. The molecule has 0 fully saturated rings. The lowest BCUT2D eigenvalue weighted by atomic mass is 9.93. The van der Waals surface area contributed by atoms with Gasteiger partial charge in [-0.2, -0.15) is 12.6 Å². The molecule has 7 rings (SSSR count). The largest absolute Gasteiger partial charge is 0.399 e. The Labute approximate surface area is 323 Å². The molecule has 0 saturated carbocycles. The molecule has 4 N–H and O–H groups in total. The molecule has 5 heteroatoms. The fraction of sp³-hybridized carbons (Fsp3) is 0.149. The maximum absolute atomic E-state index is 5.36. The molecule has 4 aromatic carbocycles. The van der Waals surface area contributed by atoms with Gasteiger partial charge in [0, 0.05) is 34.6 Å². The van der Waals surface area contributed by atoms with Gasteiger partial charge in [-0.25, -0.2) is 0 Å². The molecule has 0 atom stereocenters. The van der Waals surface area contributed by atoms with E-state index in [-0.39, 0.29) is 0 Å². The van der Waals surface area contributed by atoms with Crippen LogP contribution in [0.25, 0.3) is 16.8 Å². The molecule has 3 nitrogen and oxygen atoms in total. The maximum atomic E-state index is 5.36. The molecule has 1 aliphatic heterocycles. The number of hydrogen-bond donors (Lipinski definition) is 3. The molecule has 0 radical (unpaired) electrons. The Bertz CT molecular complexity index is 1950. The maximum Gasteiger partial charge on any atom is 0.0503 e. The van der Waals surface area contributed by atoms with Crippen LogP contribution in [0.1, 0.15) is 31.9 Å². The van der Waals surface area contributed by atoms with Gasteiger partial charge < -0.3 is 16.4 Å². The van der Waals surface area contributed by atoms with Gasteiger partial charge in [0.2, 0.25) is 0 Å². The summed E-state index contributed by atoms with van der Waals surface area (Å²) >= 11 is 5.36. The average Bonchev–Trinajstić information content (AvgIpc) is 3.91. The summed E-state index contributed by atoms with van der Waals surface area (Å²) in [7, 11) is 2.11. The first kappa shape index (κ1) is 43.0. The first-order chi connectivity index (χ1) is 25.4. The lowest BCUT2D eigenvalue weighted by Crippen LogP contribution is -2.26. The molecule has 2 aliphatic carbocycles. The Kier molecular flexibility index (Phi) is 20.6. The predicted molar refractivity (Wildman–Crippen MR) is 236 cm³/mol. The Hall–Kier alpha value is -5.12. The zero-order chi connectivity index (χ0) is 38.1. The SMILES string of the molecule is C=C/C=C\C=C1\c2cc(-c3cccc(C)c3Sc3ccccc3)ccc2N1C.CC.CC1=C=CC=C1.CS.NCC1=CC=C=C1.Nc1ccccc1. The Balaban J connectivity index is 0.000000313. The van der Waals surface area contributed by atoms with E-state index in [1.54, 1.807) is 12.3 Å². The van der Waals surface area contributed by atoms with Crippen molar-refractivity contribution in [1.29, 1.82) is 0 Å². The molecular weight excluding hydrogens is 671 g/mol. The molecule has 0 saturated heterocycles. The molecule has 0 amide bonds. The minimum absolute atomic E-state index is 0.628. The van der Waals surface area contributed by atoms with E-state index in [0.717, 1.165) is 11.3 Å². The van der Waals surface area contributed by atoms with E-state index < -0.39 is 0 Å². The van der Waals surface area contributed by atoms with E-state index in [1.807, 2.05) is 111 Å². The number of aryl methyl sites for hydroxylation is 1. The monoisotopic (exact) mass is 723 g/mol. The second-order valence-corrected chi connectivity index (χ2v) is 12.1. The number of fused-ring (bicyclic) bond motifs is 1. The van der Waals surface area contributed by atoms with Crippen LogP contribution < -0.4 is 16.4 Å². The molecule has 4 aromatic rings. The van der Waals surface area contributed by atoms with Crippen molar-refractivity contribution in [1.82, 2.24) is 0 Å². The molecule has 1 heterocycles. The summed E-state index contributed by atoms with van der Waals surface area (Å²) in [6, 6.07) is 33.4. The van der Waals surface area contributed by atoms with Gasteiger partial charge in [-0.15, -0.1) is 11.5 Å². The smallest absolute Gasteiger partial charge is 0.0503 e. The van der Waals surface area contributed by atoms with Crippen molar-refractivity contribution in [3.05, 3.63) is 198 Å². The number of thiol groups is 1. The fourth-order valence-electron chi connectivity index (χ4n) is 4.87. The quantitative estimate of drug-likeness (QED) is 0.0802. The predicted octanol–water partition coefficient (Wildman–Crippen LogP) is 12.4. The van der Waals surface area contributed by atoms with E-state index in [1.165, 1.54) is 49.0 Å². The highest BCUT2D eigenvalue weighted by Gasteiger charge is 2.25. The first-order valence-corrected chi connectivity index (χ1v) is 19.0. The molecule has 268 valence electrons. The zero-order valence-corrected chi connectivity index (χ0v) is 33.1. The van der Waals surface area contributed by atoms with Crippen molar-refractivity contribution in [3.8, 4) is 11.1 Å². The number of para-hydroxylation sites is 1. The van der Waals surface area contributed by atoms with Crippen molar-refractivity contribution in [2.24, 2.45) is 5.73 Å². The van der Waals surface area contributed by atoms with Crippen molar-refractivity contribution < 1.29 is 0 Å². The Morgan fingerprint density at radius 2 is 1.54 bits per heavy atom. The average molecular weight is 724 g/mol. The summed E-state index contributed by atoms with van der Waals surface area (Å²) in [5, 5.41) is 0. The third-order valence-electron chi connectivity index (χ3n) is 7.43. The minimum atomic E-state index is 0.628. The molecular formula is C47H53N3S2. The van der Waals surface area contributed by atoms with Crippen LogP contribution in [0.3, 0.4) is 0 Å². The number of nitrogens with two attached hydrogens (primary N) is 2. The van der Waals surface area contributed by atoms with Crippen LogP contribution in [0.2, 0.25) is 0 Å². The van der Waals surface area contributed by atoms with E-state index in [0.29, 0.717) is 6.54 Å². The van der Waals surface area contributed by atoms with Crippen LogP contribution in [0.15, 0.2) is 197 Å². The highest BCUT2D eigenvalue weighted by molar-refractivity contribution is 7.99. The minimum Gasteiger partial charge on any atom is -0.399 e. The van der Waals surface area contributed by atoms with Gasteiger partial charge in [0.15, 0.2) is 0 Å². The van der Waals surface area contributed by atoms with Gasteiger partial charge in [-0.3, -0.25) is 0 Å². The number of nitrogens with zero attached hydrogens (tertiary/aromatic N) is 1. The number of anilines is 2. The van der Waals surface area contributed by atoms with Crippen LogP contribution in [0.4, 0.5) is 11.4 Å². The fourth-order valence-corrected chi connectivity index (χ4v) is 5.92. The third-order valence-corrected chi connectivity index (χ3v) is 8.69. The number of hydrogen-bond acceptors (Lipinski definition) is 5. The van der Waals surface area contributed by atoms with Crippen LogP contribution in [-0.4, -0.2) is 19.8 Å². The topological polar surface area (TPSA) is 55.3 Å². The van der Waals surface area contributed by atoms with E-state index in [2.05, 4.69) is 122 Å². The summed E-state index contributed by atoms with van der Waals surface area (Å²) in [6.07, 6.45) is 21.3. The van der Waals surface area contributed by atoms with Gasteiger partial charge in [-0.1, -0.05) is 123 Å². The Morgan fingerprint density at radius 1 is 0.846 bits per heavy atom. The second-order valence-electron chi connectivity index (χ2n) is 11.0. The number of nitrogen functional groups attached to an aromatic ring is 1. The van der Waals surface area contributed by atoms with Gasteiger partial charge in [0.25, 0.3) is 0 Å². The first-order valence-electron chi connectivity index (χ1n) is 17.3. The highest BCUT2D eigenvalue weighted by Crippen LogP contribution is 2.45. The van der Waals surface area contributed by atoms with Crippen molar-refractivity contribution in [2.45, 2.75) is 37.5 Å². The van der Waals surface area contributed by atoms with E-state index >= 15 is 0 Å². The summed E-state index contributed by atoms with van der Waals surface area (Å²) in [6.45, 7) is 12.6. The zero-order valence-electron chi connectivity index (χ0n) is 31.4. The second kappa shape index (κ2) is 24.9. The number of allylic oxidation sites excluding steroid dienone is 8. The normalized spacial score (nSPS) is 12.9. The summed E-state index contributed by atoms with van der Waals surface area (Å²) in [5.41, 5.74) is 27.4. The summed E-state index contributed by atoms with van der Waals surface area (Å²) < 4.78 is 0. The van der Waals surface area contributed by atoms with Crippen LogP contribution >= 0.6 is 24.4 Å². The molecule has 0 spiro atoms. The van der Waals surface area contributed by atoms with Gasteiger partial charge in [0.1, 0.15) is 0 Å². The molecule has 52 heavy (non-hydrogen) atoms. The summed E-state index contributed by atoms with van der Waals surface area (Å²) in [4.78, 5) is 4.80. The molecule has 0 unspecified atom stereocenters. The van der Waals surface area contributed by atoms with Gasteiger partial charge >= 0.3 is 0 Å². The van der Waals surface area contributed by atoms with Crippen molar-refractivity contribution >= 4 is 41.5 Å². The van der Waals surface area contributed by atoms with Crippen LogP contribution in [-0.2, 0) is 0 Å². The van der Waals surface area contributed by atoms with Crippen LogP contribution in [0, 0.1) is 6.92 Å². The Morgan fingerprint density at radius 3 is 2.04 bits per heavy atom. The number of benzene rings is 4. The lowest BCUT2D eigenvalue weighted by molar-refractivity contribution is 1.14. The standard InChI is InChI=1S/C26H23NS.2C6H7N.C6H6.C2H6.CH4S/c1-4-5-7-15-24-23-18-20(16-17-25(23)27(24)3)22-14-10-11-19(2)26(22)28-21-12-8-6-9-13-21;7-5-6-3-1-2-4-6;7-6-4-2-1-3-5-6;1-6-4-2-3-5-6;2*1-2/h4-18H,1H2,2-3H3;1,3-4H,5,7H2;1-5H,7H2;2-4H,1H3;1-2H3;2H,1H3/b7-5-,24-15-;;;;;. The van der Waals surface area contributed by atoms with Crippen molar-refractivity contribution in [2.75, 3.05) is 30.5 Å². The third kappa shape index (κ3) is 13.9. The van der Waals surface area contributed by atoms with Crippen molar-refractivity contribution in [3.63, 3.8) is 0 Å². The van der Waals surface area contributed by atoms with E-state index in [9.17, 15) is 0 Å². The lowest BCUT2D eigenvalue weighted by Gasteiger charge is -2.36. The molecule has 3 aliphatic rings. The summed E-state index contributed by atoms with van der Waals surface area (Å²) in [5.74, 6) is 0. The van der Waals surface area contributed by atoms with Gasteiger partial charge in [-0.05, 0) is 115 Å². The molecule has 0 aromatic heterocycles. The van der Waals surface area contributed by atoms with E-state index in [4.69, 9.17) is 11.5 Å².